The third-order valence-electron chi connectivity index (χ3n) is 1.91. The van der Waals surface area contributed by atoms with E-state index < -0.39 is 5.91 Å². The molecule has 2 aromatic rings. The zero-order valence-electron chi connectivity index (χ0n) is 8.18. The van der Waals surface area contributed by atoms with Crippen molar-refractivity contribution in [2.75, 3.05) is 0 Å². The molecule has 1 heterocycles. The first-order chi connectivity index (χ1) is 7.66. The minimum atomic E-state index is -0.519. The predicted molar refractivity (Wildman–Crippen MR) is 57.6 cm³/mol. The van der Waals surface area contributed by atoms with E-state index in [0.29, 0.717) is 16.4 Å². The number of rotatable bonds is 3. The summed E-state index contributed by atoms with van der Waals surface area (Å²) in [6, 6.07) is 7.10. The molecular formula is C10H8ClN3O2. The SMILES string of the molecule is NC(=O)Cc1nc(-c2ccccc2Cl)no1. The van der Waals surface area contributed by atoms with Crippen LogP contribution in [0.25, 0.3) is 11.4 Å². The summed E-state index contributed by atoms with van der Waals surface area (Å²) in [4.78, 5) is 14.7. The van der Waals surface area contributed by atoms with Gasteiger partial charge in [-0.05, 0) is 12.1 Å². The molecule has 82 valence electrons. The van der Waals surface area contributed by atoms with Crippen LogP contribution in [0.1, 0.15) is 5.89 Å². The molecule has 0 unspecified atom stereocenters. The molecule has 0 saturated carbocycles. The smallest absolute Gasteiger partial charge is 0.236 e. The van der Waals surface area contributed by atoms with Crippen LogP contribution in [0.5, 0.6) is 0 Å². The molecule has 1 aromatic carbocycles. The van der Waals surface area contributed by atoms with E-state index in [2.05, 4.69) is 10.1 Å². The van der Waals surface area contributed by atoms with Crippen LogP contribution in [-0.4, -0.2) is 16.0 Å². The number of carbonyl (C=O) groups excluding carboxylic acids is 1. The van der Waals surface area contributed by atoms with E-state index in [9.17, 15) is 4.79 Å². The lowest BCUT2D eigenvalue weighted by molar-refractivity contribution is -0.117. The molecule has 0 radical (unpaired) electrons. The van der Waals surface area contributed by atoms with Gasteiger partial charge in [-0.2, -0.15) is 4.98 Å². The minimum Gasteiger partial charge on any atom is -0.369 e. The second-order valence-electron chi connectivity index (χ2n) is 3.13. The molecule has 0 saturated heterocycles. The van der Waals surface area contributed by atoms with Gasteiger partial charge in [0, 0.05) is 5.56 Å². The van der Waals surface area contributed by atoms with Crippen molar-refractivity contribution in [2.45, 2.75) is 6.42 Å². The fourth-order valence-corrected chi connectivity index (χ4v) is 1.45. The van der Waals surface area contributed by atoms with Crippen LogP contribution >= 0.6 is 11.6 Å². The molecule has 0 bridgehead atoms. The first-order valence-corrected chi connectivity index (χ1v) is 4.90. The molecule has 1 aromatic heterocycles. The van der Waals surface area contributed by atoms with Crippen LogP contribution in [0.2, 0.25) is 5.02 Å². The van der Waals surface area contributed by atoms with Gasteiger partial charge in [0.2, 0.25) is 17.6 Å². The van der Waals surface area contributed by atoms with E-state index in [-0.39, 0.29) is 12.3 Å². The second-order valence-corrected chi connectivity index (χ2v) is 3.54. The first-order valence-electron chi connectivity index (χ1n) is 4.52. The number of hydrogen-bond acceptors (Lipinski definition) is 4. The van der Waals surface area contributed by atoms with Gasteiger partial charge in [-0.3, -0.25) is 4.79 Å². The van der Waals surface area contributed by atoms with Gasteiger partial charge in [0.05, 0.1) is 5.02 Å². The van der Waals surface area contributed by atoms with Crippen molar-refractivity contribution in [3.8, 4) is 11.4 Å². The van der Waals surface area contributed by atoms with Crippen molar-refractivity contribution in [3.05, 3.63) is 35.2 Å². The maximum Gasteiger partial charge on any atom is 0.236 e. The van der Waals surface area contributed by atoms with Crippen LogP contribution in [-0.2, 0) is 11.2 Å². The number of aromatic nitrogens is 2. The summed E-state index contributed by atoms with van der Waals surface area (Å²) in [7, 11) is 0. The van der Waals surface area contributed by atoms with Crippen molar-refractivity contribution in [2.24, 2.45) is 5.73 Å². The highest BCUT2D eigenvalue weighted by Gasteiger charge is 2.12. The molecular weight excluding hydrogens is 230 g/mol. The maximum absolute atomic E-state index is 10.6. The van der Waals surface area contributed by atoms with Crippen LogP contribution in [0.4, 0.5) is 0 Å². The third kappa shape index (κ3) is 2.20. The number of amides is 1. The zero-order chi connectivity index (χ0) is 11.5. The molecule has 0 aliphatic rings. The Kier molecular flexibility index (Phi) is 2.87. The van der Waals surface area contributed by atoms with Crippen molar-refractivity contribution < 1.29 is 9.32 Å². The Morgan fingerprint density at radius 2 is 2.19 bits per heavy atom. The summed E-state index contributed by atoms with van der Waals surface area (Å²) in [5, 5.41) is 4.24. The van der Waals surface area contributed by atoms with E-state index in [4.69, 9.17) is 21.9 Å². The Bertz CT molecular complexity index is 524. The van der Waals surface area contributed by atoms with Gasteiger partial charge in [0.1, 0.15) is 6.42 Å². The average Bonchev–Trinajstić information content (AvgIpc) is 2.66. The third-order valence-corrected chi connectivity index (χ3v) is 2.24. The van der Waals surface area contributed by atoms with E-state index in [1.165, 1.54) is 0 Å². The van der Waals surface area contributed by atoms with E-state index >= 15 is 0 Å². The van der Waals surface area contributed by atoms with Crippen LogP contribution in [0.15, 0.2) is 28.8 Å². The Labute approximate surface area is 96.2 Å². The number of benzene rings is 1. The molecule has 2 N–H and O–H groups in total. The van der Waals surface area contributed by atoms with Crippen LogP contribution in [0, 0.1) is 0 Å². The molecule has 0 fully saturated rings. The summed E-state index contributed by atoms with van der Waals surface area (Å²) in [5.74, 6) is 0.0126. The summed E-state index contributed by atoms with van der Waals surface area (Å²) in [6.07, 6.45) is -0.0720. The molecule has 6 heteroatoms. The molecule has 1 amide bonds. The Morgan fingerprint density at radius 3 is 2.88 bits per heavy atom. The highest BCUT2D eigenvalue weighted by atomic mass is 35.5. The molecule has 2 rings (SSSR count). The van der Waals surface area contributed by atoms with Gasteiger partial charge in [-0.15, -0.1) is 0 Å². The minimum absolute atomic E-state index is 0.0720. The Hall–Kier alpha value is -1.88. The number of carbonyl (C=O) groups is 1. The van der Waals surface area contributed by atoms with E-state index in [1.54, 1.807) is 18.2 Å². The lowest BCUT2D eigenvalue weighted by atomic mass is 10.2. The lowest BCUT2D eigenvalue weighted by Crippen LogP contribution is -2.13. The van der Waals surface area contributed by atoms with Crippen LogP contribution in [0.3, 0.4) is 0 Å². The van der Waals surface area contributed by atoms with Gasteiger partial charge in [-0.1, -0.05) is 28.9 Å². The normalized spacial score (nSPS) is 10.3. The molecule has 0 aliphatic carbocycles. The van der Waals surface area contributed by atoms with Crippen LogP contribution < -0.4 is 5.73 Å². The Balaban J connectivity index is 2.32. The fraction of sp³-hybridized carbons (Fsp3) is 0.100. The summed E-state index contributed by atoms with van der Waals surface area (Å²) >= 11 is 5.96. The van der Waals surface area contributed by atoms with Crippen molar-refractivity contribution in [1.29, 1.82) is 0 Å². The first kappa shape index (κ1) is 10.6. The Morgan fingerprint density at radius 1 is 1.44 bits per heavy atom. The standard InChI is InChI=1S/C10H8ClN3O2/c11-7-4-2-1-3-6(7)10-13-9(16-14-10)5-8(12)15/h1-4H,5H2,(H2,12,15). The number of nitrogens with zero attached hydrogens (tertiary/aromatic N) is 2. The quantitative estimate of drug-likeness (QED) is 0.875. The van der Waals surface area contributed by atoms with Gasteiger partial charge < -0.3 is 10.3 Å². The number of nitrogens with two attached hydrogens (primary N) is 1. The molecule has 0 atom stereocenters. The van der Waals surface area contributed by atoms with Gasteiger partial charge in [-0.25, -0.2) is 0 Å². The highest BCUT2D eigenvalue weighted by molar-refractivity contribution is 6.33. The number of primary amides is 1. The molecule has 0 aliphatic heterocycles. The summed E-state index contributed by atoms with van der Waals surface area (Å²) in [5.41, 5.74) is 5.67. The van der Waals surface area contributed by atoms with Gasteiger partial charge in [0.25, 0.3) is 0 Å². The molecule has 16 heavy (non-hydrogen) atoms. The zero-order valence-corrected chi connectivity index (χ0v) is 8.94. The monoisotopic (exact) mass is 237 g/mol. The fourth-order valence-electron chi connectivity index (χ4n) is 1.23. The average molecular weight is 238 g/mol. The number of halogens is 1. The van der Waals surface area contributed by atoms with Crippen molar-refractivity contribution >= 4 is 17.5 Å². The summed E-state index contributed by atoms with van der Waals surface area (Å²) < 4.78 is 4.86. The summed E-state index contributed by atoms with van der Waals surface area (Å²) in [6.45, 7) is 0. The second kappa shape index (κ2) is 4.32. The van der Waals surface area contributed by atoms with Gasteiger partial charge in [0.15, 0.2) is 0 Å². The topological polar surface area (TPSA) is 82.0 Å². The van der Waals surface area contributed by atoms with Crippen molar-refractivity contribution in [3.63, 3.8) is 0 Å². The maximum atomic E-state index is 10.6. The molecule has 0 spiro atoms. The molecule has 5 nitrogen and oxygen atoms in total. The van der Waals surface area contributed by atoms with E-state index in [0.717, 1.165) is 0 Å². The lowest BCUT2D eigenvalue weighted by Gasteiger charge is -1.95. The number of hydrogen-bond donors (Lipinski definition) is 1. The highest BCUT2D eigenvalue weighted by Crippen LogP contribution is 2.24. The predicted octanol–water partition coefficient (Wildman–Crippen LogP) is 1.42. The van der Waals surface area contributed by atoms with E-state index in [1.807, 2.05) is 6.07 Å². The van der Waals surface area contributed by atoms with Gasteiger partial charge >= 0.3 is 0 Å². The van der Waals surface area contributed by atoms with Crippen molar-refractivity contribution in [1.82, 2.24) is 10.1 Å². The largest absolute Gasteiger partial charge is 0.369 e.